The molecule has 0 amide bonds. The lowest BCUT2D eigenvalue weighted by Gasteiger charge is -2.21. The zero-order chi connectivity index (χ0) is 13.8. The Morgan fingerprint density at radius 1 is 1.16 bits per heavy atom. The van der Waals surface area contributed by atoms with Gasteiger partial charge in [-0.15, -0.1) is 0 Å². The molecule has 2 aromatic rings. The Hall–Kier alpha value is -1.38. The molecule has 0 aliphatic carbocycles. The van der Waals surface area contributed by atoms with E-state index in [-0.39, 0.29) is 17.8 Å². The molecule has 0 saturated carbocycles. The van der Waals surface area contributed by atoms with E-state index in [1.807, 2.05) is 37.3 Å². The fraction of sp³-hybridized carbons (Fsp3) is 0.250. The maximum Gasteiger partial charge on any atom is 0.123 e. The number of hydrogen-bond donors (Lipinski definition) is 1. The Labute approximate surface area is 118 Å². The van der Waals surface area contributed by atoms with Crippen LogP contribution in [0.2, 0.25) is 5.02 Å². The fourth-order valence-electron chi connectivity index (χ4n) is 2.22. The number of halogens is 2. The first-order valence-corrected chi connectivity index (χ1v) is 6.69. The van der Waals surface area contributed by atoms with Gasteiger partial charge in [-0.25, -0.2) is 4.39 Å². The molecule has 0 radical (unpaired) electrons. The van der Waals surface area contributed by atoms with Crippen LogP contribution in [0, 0.1) is 5.82 Å². The monoisotopic (exact) mass is 277 g/mol. The van der Waals surface area contributed by atoms with Gasteiger partial charge in [-0.3, -0.25) is 0 Å². The maximum atomic E-state index is 13.3. The van der Waals surface area contributed by atoms with Gasteiger partial charge in [-0.05, 0) is 48.7 Å². The highest BCUT2D eigenvalue weighted by atomic mass is 35.5. The van der Waals surface area contributed by atoms with Crippen LogP contribution in [0.3, 0.4) is 0 Å². The number of benzene rings is 2. The van der Waals surface area contributed by atoms with Crippen LogP contribution < -0.4 is 5.73 Å². The fourth-order valence-corrected chi connectivity index (χ4v) is 2.34. The van der Waals surface area contributed by atoms with Crippen LogP contribution in [0.4, 0.5) is 4.39 Å². The SMILES string of the molecule is C[C@@H](N)[C@H](Cc1ccc(Cl)cc1)c1cccc(F)c1. The van der Waals surface area contributed by atoms with E-state index in [0.29, 0.717) is 5.02 Å². The molecule has 2 N–H and O–H groups in total. The van der Waals surface area contributed by atoms with E-state index in [1.165, 1.54) is 6.07 Å². The van der Waals surface area contributed by atoms with Crippen molar-refractivity contribution in [1.29, 1.82) is 0 Å². The second-order valence-electron chi connectivity index (χ2n) is 4.85. The molecule has 0 aliphatic heterocycles. The van der Waals surface area contributed by atoms with Crippen molar-refractivity contribution in [2.45, 2.75) is 25.3 Å². The summed E-state index contributed by atoms with van der Waals surface area (Å²) in [6.07, 6.45) is 0.776. The molecule has 1 nitrogen and oxygen atoms in total. The predicted molar refractivity (Wildman–Crippen MR) is 77.9 cm³/mol. The smallest absolute Gasteiger partial charge is 0.123 e. The highest BCUT2D eigenvalue weighted by molar-refractivity contribution is 6.30. The average molecular weight is 278 g/mol. The van der Waals surface area contributed by atoms with Crippen LogP contribution in [0.15, 0.2) is 48.5 Å². The number of nitrogens with two attached hydrogens (primary N) is 1. The first kappa shape index (κ1) is 14.0. The van der Waals surface area contributed by atoms with Crippen LogP contribution in [-0.4, -0.2) is 6.04 Å². The van der Waals surface area contributed by atoms with E-state index in [2.05, 4.69) is 0 Å². The van der Waals surface area contributed by atoms with Crippen molar-refractivity contribution in [3.63, 3.8) is 0 Å². The van der Waals surface area contributed by atoms with Gasteiger partial charge in [0, 0.05) is 17.0 Å². The highest BCUT2D eigenvalue weighted by Gasteiger charge is 2.17. The van der Waals surface area contributed by atoms with Crippen LogP contribution in [-0.2, 0) is 6.42 Å². The Bertz CT molecular complexity index is 537. The van der Waals surface area contributed by atoms with Gasteiger partial charge in [0.05, 0.1) is 0 Å². The third-order valence-electron chi connectivity index (χ3n) is 3.28. The molecule has 2 atom stereocenters. The van der Waals surface area contributed by atoms with Crippen molar-refractivity contribution in [2.24, 2.45) is 5.73 Å². The van der Waals surface area contributed by atoms with Crippen LogP contribution in [0.5, 0.6) is 0 Å². The molecule has 0 bridgehead atoms. The van der Waals surface area contributed by atoms with Crippen molar-refractivity contribution in [2.75, 3.05) is 0 Å². The summed E-state index contributed by atoms with van der Waals surface area (Å²) < 4.78 is 13.3. The molecule has 2 rings (SSSR count). The molecule has 19 heavy (non-hydrogen) atoms. The maximum absolute atomic E-state index is 13.3. The molecule has 0 aromatic heterocycles. The molecule has 100 valence electrons. The van der Waals surface area contributed by atoms with Crippen molar-refractivity contribution in [1.82, 2.24) is 0 Å². The average Bonchev–Trinajstić information content (AvgIpc) is 2.37. The predicted octanol–water partition coefficient (Wildman–Crippen LogP) is 4.15. The zero-order valence-electron chi connectivity index (χ0n) is 10.8. The zero-order valence-corrected chi connectivity index (χ0v) is 11.6. The van der Waals surface area contributed by atoms with Crippen molar-refractivity contribution in [3.8, 4) is 0 Å². The molecular formula is C16H17ClFN. The minimum atomic E-state index is -0.223. The van der Waals surface area contributed by atoms with Gasteiger partial charge >= 0.3 is 0 Å². The normalized spacial score (nSPS) is 14.1. The number of rotatable bonds is 4. The van der Waals surface area contributed by atoms with Crippen molar-refractivity contribution in [3.05, 3.63) is 70.5 Å². The van der Waals surface area contributed by atoms with Gasteiger partial charge in [0.25, 0.3) is 0 Å². The van der Waals surface area contributed by atoms with Crippen molar-refractivity contribution < 1.29 is 4.39 Å². The molecule has 2 aromatic carbocycles. The molecule has 0 fully saturated rings. The van der Waals surface area contributed by atoms with Gasteiger partial charge in [-0.1, -0.05) is 35.9 Å². The van der Waals surface area contributed by atoms with E-state index in [9.17, 15) is 4.39 Å². The van der Waals surface area contributed by atoms with Gasteiger partial charge < -0.3 is 5.73 Å². The number of hydrogen-bond acceptors (Lipinski definition) is 1. The molecule has 0 unspecified atom stereocenters. The summed E-state index contributed by atoms with van der Waals surface area (Å²) in [5.74, 6) is -0.129. The lowest BCUT2D eigenvalue weighted by Crippen LogP contribution is -2.26. The van der Waals surface area contributed by atoms with Crippen molar-refractivity contribution >= 4 is 11.6 Å². The third-order valence-corrected chi connectivity index (χ3v) is 3.53. The quantitative estimate of drug-likeness (QED) is 0.892. The van der Waals surface area contributed by atoms with Crippen LogP contribution in [0.1, 0.15) is 24.0 Å². The van der Waals surface area contributed by atoms with Crippen LogP contribution >= 0.6 is 11.6 Å². The first-order valence-electron chi connectivity index (χ1n) is 6.32. The van der Waals surface area contributed by atoms with E-state index in [4.69, 9.17) is 17.3 Å². The summed E-state index contributed by atoms with van der Waals surface area (Å²) in [6, 6.07) is 14.3. The van der Waals surface area contributed by atoms with Gasteiger partial charge in [-0.2, -0.15) is 0 Å². The lowest BCUT2D eigenvalue weighted by atomic mass is 9.87. The topological polar surface area (TPSA) is 26.0 Å². The Kier molecular flexibility index (Phi) is 4.56. The molecule has 3 heteroatoms. The van der Waals surface area contributed by atoms with E-state index in [0.717, 1.165) is 17.5 Å². The van der Waals surface area contributed by atoms with Gasteiger partial charge in [0.2, 0.25) is 0 Å². The summed E-state index contributed by atoms with van der Waals surface area (Å²) in [5.41, 5.74) is 8.13. The summed E-state index contributed by atoms with van der Waals surface area (Å²) in [6.45, 7) is 1.95. The largest absolute Gasteiger partial charge is 0.327 e. The van der Waals surface area contributed by atoms with Gasteiger partial charge in [0.1, 0.15) is 5.82 Å². The minimum absolute atomic E-state index is 0.0440. The summed E-state index contributed by atoms with van der Waals surface area (Å²) in [7, 11) is 0. The summed E-state index contributed by atoms with van der Waals surface area (Å²) in [4.78, 5) is 0. The Morgan fingerprint density at radius 3 is 2.42 bits per heavy atom. The van der Waals surface area contributed by atoms with E-state index in [1.54, 1.807) is 12.1 Å². The molecule has 0 aliphatic rings. The Balaban J connectivity index is 2.23. The lowest BCUT2D eigenvalue weighted by molar-refractivity contribution is 0.557. The molecule has 0 spiro atoms. The molecule has 0 heterocycles. The standard InChI is InChI=1S/C16H17ClFN/c1-11(19)16(13-3-2-4-15(18)10-13)9-12-5-7-14(17)8-6-12/h2-8,10-11,16H,9,19H2,1H3/t11-,16+/m1/s1. The van der Waals surface area contributed by atoms with Crippen LogP contribution in [0.25, 0.3) is 0 Å². The van der Waals surface area contributed by atoms with Gasteiger partial charge in [0.15, 0.2) is 0 Å². The highest BCUT2D eigenvalue weighted by Crippen LogP contribution is 2.25. The minimum Gasteiger partial charge on any atom is -0.327 e. The second kappa shape index (κ2) is 6.18. The molecular weight excluding hydrogens is 261 g/mol. The summed E-state index contributed by atoms with van der Waals surface area (Å²) >= 11 is 5.87. The molecule has 0 saturated heterocycles. The van der Waals surface area contributed by atoms with E-state index >= 15 is 0 Å². The second-order valence-corrected chi connectivity index (χ2v) is 5.29. The first-order chi connectivity index (χ1) is 9.06. The Morgan fingerprint density at radius 2 is 1.84 bits per heavy atom. The summed E-state index contributed by atoms with van der Waals surface area (Å²) in [5, 5.41) is 0.715. The third kappa shape index (κ3) is 3.79. The van der Waals surface area contributed by atoms with E-state index < -0.39 is 0 Å².